The second-order valence-electron chi connectivity index (χ2n) is 9.76. The lowest BCUT2D eigenvalue weighted by atomic mass is 9.87. The van der Waals surface area contributed by atoms with Crippen molar-refractivity contribution in [3.05, 3.63) is 105 Å². The van der Waals surface area contributed by atoms with E-state index in [1.165, 1.54) is 13.0 Å². The quantitative estimate of drug-likeness (QED) is 0.170. The average molecular weight is 588 g/mol. The molecule has 3 N–H and O–H groups in total. The first-order valence-electron chi connectivity index (χ1n) is 13.1. The van der Waals surface area contributed by atoms with E-state index in [-0.39, 0.29) is 37.2 Å². The zero-order valence-electron chi connectivity index (χ0n) is 22.5. The fourth-order valence-electron chi connectivity index (χ4n) is 4.84. The summed E-state index contributed by atoms with van der Waals surface area (Å²) in [6, 6.07) is 19.9. The Morgan fingerprint density at radius 1 is 1.02 bits per heavy atom. The zero-order valence-corrected chi connectivity index (χ0v) is 23.2. The van der Waals surface area contributed by atoms with Gasteiger partial charge in [0.1, 0.15) is 12.4 Å². The number of piperidine rings is 1. The molecule has 0 bridgehead atoms. The minimum atomic E-state index is -2.14. The van der Waals surface area contributed by atoms with Crippen molar-refractivity contribution < 1.29 is 23.9 Å². The van der Waals surface area contributed by atoms with E-state index < -0.39 is 34.9 Å². The summed E-state index contributed by atoms with van der Waals surface area (Å²) in [6.45, 7) is 1.45. The first-order valence-corrected chi connectivity index (χ1v) is 13.4. The predicted molar refractivity (Wildman–Crippen MR) is 155 cm³/mol. The highest BCUT2D eigenvalue weighted by atomic mass is 35.5. The second-order valence-corrected chi connectivity index (χ2v) is 10.2. The smallest absolute Gasteiger partial charge is 0.342 e. The molecule has 0 aliphatic carbocycles. The third-order valence-electron chi connectivity index (χ3n) is 6.93. The lowest BCUT2D eigenvalue weighted by Gasteiger charge is -2.35. The normalized spacial score (nSPS) is 16.5. The summed E-state index contributed by atoms with van der Waals surface area (Å²) in [6.07, 6.45) is -0.450. The highest BCUT2D eigenvalue weighted by Gasteiger charge is 2.54. The summed E-state index contributed by atoms with van der Waals surface area (Å²) in [5, 5.41) is 8.25. The third-order valence-corrected chi connectivity index (χ3v) is 7.18. The number of carbonyl (C=O) groups excluding carboxylic acids is 4. The molecule has 2 heterocycles. The van der Waals surface area contributed by atoms with Gasteiger partial charge in [0.25, 0.3) is 11.5 Å². The number of halogens is 1. The van der Waals surface area contributed by atoms with Crippen molar-refractivity contribution in [1.82, 2.24) is 20.2 Å². The number of hydrogen-bond donors (Lipinski definition) is 3. The minimum Gasteiger partial charge on any atom is -0.459 e. The molecular weight excluding hydrogens is 562 g/mol. The number of esters is 1. The molecule has 1 fully saturated rings. The van der Waals surface area contributed by atoms with Gasteiger partial charge in [-0.3, -0.25) is 24.3 Å². The zero-order chi connectivity index (χ0) is 29.9. The molecule has 1 aromatic heterocycles. The van der Waals surface area contributed by atoms with Crippen LogP contribution in [-0.2, 0) is 37.8 Å². The van der Waals surface area contributed by atoms with Gasteiger partial charge in [-0.25, -0.2) is 14.6 Å². The first kappa shape index (κ1) is 28.5. The standard InChI is InChI=1S/C30H26ClN5O6/c1-18-33-24-12-7-20(16-32-29(41)34-22-10-8-21(31)9-11-22)15-23(24)26(38)36(18)30(14-13-25(37)35-27(30)39)28(40)42-17-19-5-3-2-4-6-19/h2-12,15H,13-14,16-17H2,1H3,(H2,32,34,41)(H,35,37,39)/t30-/m1/s1. The van der Waals surface area contributed by atoms with Crippen molar-refractivity contribution in [1.29, 1.82) is 0 Å². The topological polar surface area (TPSA) is 148 Å². The van der Waals surface area contributed by atoms with Gasteiger partial charge >= 0.3 is 12.0 Å². The molecule has 4 aromatic rings. The highest BCUT2D eigenvalue weighted by molar-refractivity contribution is 6.30. The van der Waals surface area contributed by atoms with Crippen LogP contribution in [0, 0.1) is 6.92 Å². The fraction of sp³-hybridized carbons (Fsp3) is 0.200. The van der Waals surface area contributed by atoms with Gasteiger partial charge in [0.2, 0.25) is 11.4 Å². The van der Waals surface area contributed by atoms with E-state index in [2.05, 4.69) is 20.9 Å². The van der Waals surface area contributed by atoms with Crippen LogP contribution in [0.2, 0.25) is 5.02 Å². The van der Waals surface area contributed by atoms with E-state index in [0.717, 1.165) is 4.57 Å². The molecule has 1 atom stereocenters. The summed E-state index contributed by atoms with van der Waals surface area (Å²) in [5.41, 5.74) is -0.656. The molecule has 4 amide bonds. The van der Waals surface area contributed by atoms with Crippen LogP contribution in [0.25, 0.3) is 10.9 Å². The number of rotatable bonds is 7. The Morgan fingerprint density at radius 3 is 2.48 bits per heavy atom. The SMILES string of the molecule is Cc1nc2ccc(CNC(=O)Nc3ccc(Cl)cc3)cc2c(=O)n1[C@]1(C(=O)OCc2ccccc2)CCC(=O)NC1=O. The number of hydrogen-bond acceptors (Lipinski definition) is 7. The second kappa shape index (κ2) is 11.8. The van der Waals surface area contributed by atoms with Gasteiger partial charge in [0.05, 0.1) is 10.9 Å². The molecule has 5 rings (SSSR count). The van der Waals surface area contributed by atoms with Crippen LogP contribution in [0.4, 0.5) is 10.5 Å². The molecule has 11 nitrogen and oxygen atoms in total. The minimum absolute atomic E-state index is 0.0714. The number of anilines is 1. The fourth-order valence-corrected chi connectivity index (χ4v) is 4.96. The highest BCUT2D eigenvalue weighted by Crippen LogP contribution is 2.30. The largest absolute Gasteiger partial charge is 0.459 e. The van der Waals surface area contributed by atoms with Crippen LogP contribution in [-0.4, -0.2) is 33.4 Å². The monoisotopic (exact) mass is 587 g/mol. The number of amides is 4. The maximum atomic E-state index is 14.0. The van der Waals surface area contributed by atoms with Crippen molar-refractivity contribution in [3.8, 4) is 0 Å². The first-order chi connectivity index (χ1) is 20.2. The molecule has 1 saturated heterocycles. The Balaban J connectivity index is 1.46. The number of carbonyl (C=O) groups is 4. The molecule has 1 aliphatic heterocycles. The van der Waals surface area contributed by atoms with Crippen LogP contribution in [0.5, 0.6) is 0 Å². The molecule has 12 heteroatoms. The van der Waals surface area contributed by atoms with E-state index in [0.29, 0.717) is 27.4 Å². The summed E-state index contributed by atoms with van der Waals surface area (Å²) >= 11 is 5.88. The van der Waals surface area contributed by atoms with Crippen LogP contribution in [0.3, 0.4) is 0 Å². The Kier molecular flexibility index (Phi) is 8.03. The van der Waals surface area contributed by atoms with Gasteiger partial charge in [0, 0.05) is 23.7 Å². The molecular formula is C30H26ClN5O6. The van der Waals surface area contributed by atoms with Crippen molar-refractivity contribution in [2.45, 2.75) is 38.5 Å². The number of fused-ring (bicyclic) bond motifs is 1. The predicted octanol–water partition coefficient (Wildman–Crippen LogP) is 3.56. The maximum Gasteiger partial charge on any atom is 0.342 e. The number of imide groups is 1. The number of aryl methyl sites for hydroxylation is 1. The van der Waals surface area contributed by atoms with Crippen LogP contribution in [0.15, 0.2) is 77.6 Å². The Labute approximate surface area is 244 Å². The van der Waals surface area contributed by atoms with Crippen molar-refractivity contribution >= 4 is 52.0 Å². The lowest BCUT2D eigenvalue weighted by Crippen LogP contribution is -2.62. The number of aromatic nitrogens is 2. The lowest BCUT2D eigenvalue weighted by molar-refractivity contribution is -0.164. The van der Waals surface area contributed by atoms with Gasteiger partial charge in [-0.1, -0.05) is 48.0 Å². The Hall–Kier alpha value is -5.03. The molecule has 0 radical (unpaired) electrons. The van der Waals surface area contributed by atoms with E-state index in [1.54, 1.807) is 60.7 Å². The molecule has 1 aliphatic rings. The van der Waals surface area contributed by atoms with Gasteiger partial charge in [-0.15, -0.1) is 0 Å². The van der Waals surface area contributed by atoms with Gasteiger partial charge < -0.3 is 15.4 Å². The van der Waals surface area contributed by atoms with Gasteiger partial charge in [0.15, 0.2) is 0 Å². The number of urea groups is 1. The Bertz CT molecular complexity index is 1760. The number of ether oxygens (including phenoxy) is 1. The average Bonchev–Trinajstić information content (AvgIpc) is 2.98. The summed E-state index contributed by atoms with van der Waals surface area (Å²) in [4.78, 5) is 69.9. The van der Waals surface area contributed by atoms with Crippen molar-refractivity contribution in [3.63, 3.8) is 0 Å². The molecule has 42 heavy (non-hydrogen) atoms. The van der Waals surface area contributed by atoms with Gasteiger partial charge in [-0.05, 0) is 60.9 Å². The maximum absolute atomic E-state index is 14.0. The molecule has 214 valence electrons. The molecule has 0 spiro atoms. The van der Waals surface area contributed by atoms with E-state index >= 15 is 0 Å². The van der Waals surface area contributed by atoms with Crippen molar-refractivity contribution in [2.24, 2.45) is 0 Å². The molecule has 3 aromatic carbocycles. The molecule has 0 saturated carbocycles. The van der Waals surface area contributed by atoms with Crippen LogP contribution in [0.1, 0.15) is 29.8 Å². The van der Waals surface area contributed by atoms with Crippen LogP contribution >= 0.6 is 11.6 Å². The third kappa shape index (κ3) is 5.72. The van der Waals surface area contributed by atoms with E-state index in [1.807, 2.05) is 6.07 Å². The summed E-state index contributed by atoms with van der Waals surface area (Å²) in [7, 11) is 0. The Morgan fingerprint density at radius 2 is 1.76 bits per heavy atom. The van der Waals surface area contributed by atoms with E-state index in [9.17, 15) is 24.0 Å². The summed E-state index contributed by atoms with van der Waals surface area (Å²) in [5.74, 6) is -2.39. The van der Waals surface area contributed by atoms with E-state index in [4.69, 9.17) is 16.3 Å². The number of benzene rings is 3. The van der Waals surface area contributed by atoms with Crippen molar-refractivity contribution in [2.75, 3.05) is 5.32 Å². The molecule has 0 unspecified atom stereocenters. The number of nitrogens with one attached hydrogen (secondary N) is 3. The van der Waals surface area contributed by atoms with Crippen LogP contribution < -0.4 is 21.5 Å². The van der Waals surface area contributed by atoms with Gasteiger partial charge in [-0.2, -0.15) is 0 Å². The number of nitrogens with zero attached hydrogens (tertiary/aromatic N) is 2. The summed E-state index contributed by atoms with van der Waals surface area (Å²) < 4.78 is 6.55.